The molecule has 0 bridgehead atoms. The van der Waals surface area contributed by atoms with Crippen LogP contribution in [0.1, 0.15) is 0 Å². The molecule has 5 nitrogen and oxygen atoms in total. The summed E-state index contributed by atoms with van der Waals surface area (Å²) in [4.78, 5) is 3.80. The second-order valence-corrected chi connectivity index (χ2v) is 3.04. The van der Waals surface area contributed by atoms with Gasteiger partial charge in [-0.2, -0.15) is 8.42 Å². The molecule has 1 radical (unpaired) electrons. The lowest BCUT2D eigenvalue weighted by Crippen LogP contribution is -1.89. The SMILES string of the molecule is O=S(=O)(O)O.[C]1=NCCS1. The first-order chi connectivity index (χ1) is 4.50. The molecule has 0 aliphatic carbocycles. The molecular formula is C3H6NO4S2. The molecule has 0 aromatic heterocycles. The Kier molecular flexibility index (Phi) is 4.62. The molecule has 2 N–H and O–H groups in total. The molecular weight excluding hydrogens is 178 g/mol. The largest absolute Gasteiger partial charge is 0.394 e. The van der Waals surface area contributed by atoms with E-state index >= 15 is 0 Å². The fraction of sp³-hybridized carbons (Fsp3) is 0.667. The fourth-order valence-electron chi connectivity index (χ4n) is 0.228. The highest BCUT2D eigenvalue weighted by Gasteiger charge is 1.87. The molecule has 0 atom stereocenters. The van der Waals surface area contributed by atoms with Crippen LogP contribution in [-0.4, -0.2) is 35.4 Å². The zero-order valence-corrected chi connectivity index (χ0v) is 6.52. The van der Waals surface area contributed by atoms with Crippen molar-refractivity contribution < 1.29 is 17.5 Å². The summed E-state index contributed by atoms with van der Waals surface area (Å²) in [7, 11) is -4.67. The summed E-state index contributed by atoms with van der Waals surface area (Å²) < 4.78 is 31.6. The van der Waals surface area contributed by atoms with Crippen LogP contribution in [-0.2, 0) is 10.4 Å². The number of nitrogens with zero attached hydrogens (tertiary/aromatic N) is 1. The molecule has 10 heavy (non-hydrogen) atoms. The van der Waals surface area contributed by atoms with E-state index in [0.717, 1.165) is 12.3 Å². The normalized spacial score (nSPS) is 16.2. The maximum Gasteiger partial charge on any atom is 0.394 e. The van der Waals surface area contributed by atoms with Crippen LogP contribution in [0.2, 0.25) is 0 Å². The van der Waals surface area contributed by atoms with Crippen LogP contribution in [0, 0.1) is 0 Å². The average molecular weight is 184 g/mol. The van der Waals surface area contributed by atoms with Gasteiger partial charge < -0.3 is 0 Å². The summed E-state index contributed by atoms with van der Waals surface area (Å²) in [5.74, 6) is 1.14. The Bertz CT molecular complexity index is 183. The van der Waals surface area contributed by atoms with E-state index < -0.39 is 10.4 Å². The number of hydrogen-bond donors (Lipinski definition) is 2. The van der Waals surface area contributed by atoms with Gasteiger partial charge in [-0.1, -0.05) is 0 Å². The lowest BCUT2D eigenvalue weighted by atomic mass is 10.8. The molecule has 1 aliphatic heterocycles. The summed E-state index contributed by atoms with van der Waals surface area (Å²) in [6, 6.07) is 0. The second kappa shape index (κ2) is 4.67. The van der Waals surface area contributed by atoms with Gasteiger partial charge in [0.1, 0.15) is 5.55 Å². The van der Waals surface area contributed by atoms with Gasteiger partial charge in [-0.15, -0.1) is 11.8 Å². The van der Waals surface area contributed by atoms with Crippen molar-refractivity contribution in [2.45, 2.75) is 0 Å². The minimum Gasteiger partial charge on any atom is -0.275 e. The molecule has 0 unspecified atom stereocenters. The van der Waals surface area contributed by atoms with E-state index in [1.165, 1.54) is 0 Å². The zero-order chi connectivity index (χ0) is 8.04. The van der Waals surface area contributed by atoms with E-state index in [0.29, 0.717) is 0 Å². The monoisotopic (exact) mass is 184 g/mol. The highest BCUT2D eigenvalue weighted by molar-refractivity contribution is 8.12. The van der Waals surface area contributed by atoms with Crippen LogP contribution in [0.5, 0.6) is 0 Å². The third-order valence-corrected chi connectivity index (χ3v) is 1.08. The van der Waals surface area contributed by atoms with Gasteiger partial charge in [-0.25, -0.2) is 0 Å². The maximum atomic E-state index is 8.74. The molecule has 59 valence electrons. The molecule has 0 amide bonds. The van der Waals surface area contributed by atoms with E-state index in [4.69, 9.17) is 17.5 Å². The molecule has 1 aliphatic rings. The summed E-state index contributed by atoms with van der Waals surface area (Å²) in [5, 5.41) is 0. The van der Waals surface area contributed by atoms with Gasteiger partial charge in [-0.05, 0) is 0 Å². The van der Waals surface area contributed by atoms with Crippen LogP contribution in [0.4, 0.5) is 0 Å². The van der Waals surface area contributed by atoms with Crippen LogP contribution in [0.25, 0.3) is 0 Å². The first-order valence-electron chi connectivity index (χ1n) is 2.23. The molecule has 0 saturated carbocycles. The van der Waals surface area contributed by atoms with Gasteiger partial charge in [0.2, 0.25) is 0 Å². The average Bonchev–Trinajstić information content (AvgIpc) is 2.07. The number of rotatable bonds is 0. The zero-order valence-electron chi connectivity index (χ0n) is 4.89. The Morgan fingerprint density at radius 1 is 1.50 bits per heavy atom. The quantitative estimate of drug-likeness (QED) is 0.517. The topological polar surface area (TPSA) is 87.0 Å². The van der Waals surface area contributed by atoms with E-state index in [9.17, 15) is 0 Å². The first kappa shape index (κ1) is 9.89. The third kappa shape index (κ3) is 15.7. The molecule has 0 saturated heterocycles. The van der Waals surface area contributed by atoms with Gasteiger partial charge >= 0.3 is 10.4 Å². The van der Waals surface area contributed by atoms with Crippen molar-refractivity contribution in [1.82, 2.24) is 0 Å². The fourth-order valence-corrected chi connectivity index (χ4v) is 0.685. The van der Waals surface area contributed by atoms with Crippen molar-refractivity contribution in [2.24, 2.45) is 4.99 Å². The number of hydrogen-bond acceptors (Lipinski definition) is 4. The van der Waals surface area contributed by atoms with E-state index in [2.05, 4.69) is 10.5 Å². The van der Waals surface area contributed by atoms with Crippen molar-refractivity contribution in [3.63, 3.8) is 0 Å². The molecule has 0 fully saturated rings. The van der Waals surface area contributed by atoms with Crippen molar-refractivity contribution >= 4 is 27.7 Å². The van der Waals surface area contributed by atoms with Gasteiger partial charge in [0, 0.05) is 12.3 Å². The lowest BCUT2D eigenvalue weighted by molar-refractivity contribution is 0.381. The number of thioether (sulfide) groups is 1. The standard InChI is InChI=1S/C3H4NS.H2O4S/c1-2-5-3-4-1;1-5(2,3)4/h1-2H2;(H2,1,2,3,4). The Morgan fingerprint density at radius 3 is 2.10 bits per heavy atom. The Hall–Kier alpha value is -0.110. The molecule has 1 heterocycles. The molecule has 0 aromatic carbocycles. The van der Waals surface area contributed by atoms with Crippen LogP contribution in [0.3, 0.4) is 0 Å². The molecule has 7 heteroatoms. The highest BCUT2D eigenvalue weighted by atomic mass is 32.3. The van der Waals surface area contributed by atoms with Gasteiger partial charge in [0.05, 0.1) is 0 Å². The second-order valence-electron chi connectivity index (χ2n) is 1.27. The van der Waals surface area contributed by atoms with E-state index in [1.54, 1.807) is 11.8 Å². The van der Waals surface area contributed by atoms with Gasteiger partial charge in [0.15, 0.2) is 0 Å². The van der Waals surface area contributed by atoms with Crippen molar-refractivity contribution in [2.75, 3.05) is 12.3 Å². The summed E-state index contributed by atoms with van der Waals surface area (Å²) >= 11 is 1.66. The Morgan fingerprint density at radius 2 is 2.00 bits per heavy atom. The first-order valence-corrected chi connectivity index (χ1v) is 4.61. The summed E-state index contributed by atoms with van der Waals surface area (Å²) in [5.41, 5.74) is 2.76. The van der Waals surface area contributed by atoms with Crippen LogP contribution < -0.4 is 0 Å². The molecule has 0 aromatic rings. The Labute approximate surface area is 63.1 Å². The van der Waals surface area contributed by atoms with Gasteiger partial charge in [0.25, 0.3) is 0 Å². The van der Waals surface area contributed by atoms with Crippen LogP contribution >= 0.6 is 11.8 Å². The molecule has 0 spiro atoms. The Balaban J connectivity index is 0.000000162. The van der Waals surface area contributed by atoms with Crippen LogP contribution in [0.15, 0.2) is 4.99 Å². The van der Waals surface area contributed by atoms with Crippen molar-refractivity contribution in [3.8, 4) is 0 Å². The molecule has 1 rings (SSSR count). The predicted octanol–water partition coefficient (Wildman–Crippen LogP) is -0.0143. The van der Waals surface area contributed by atoms with Gasteiger partial charge in [-0.3, -0.25) is 14.1 Å². The lowest BCUT2D eigenvalue weighted by Gasteiger charge is -1.68. The smallest absolute Gasteiger partial charge is 0.275 e. The highest BCUT2D eigenvalue weighted by Crippen LogP contribution is 1.99. The van der Waals surface area contributed by atoms with E-state index in [1.807, 2.05) is 0 Å². The number of aliphatic imine (C=N–C) groups is 1. The third-order valence-electron chi connectivity index (χ3n) is 0.434. The van der Waals surface area contributed by atoms with Crippen molar-refractivity contribution in [1.29, 1.82) is 0 Å². The predicted molar refractivity (Wildman–Crippen MR) is 38.9 cm³/mol. The van der Waals surface area contributed by atoms with Crippen molar-refractivity contribution in [3.05, 3.63) is 0 Å². The minimum atomic E-state index is -4.67. The van der Waals surface area contributed by atoms with E-state index in [-0.39, 0.29) is 0 Å². The minimum absolute atomic E-state index is 0.977. The maximum absolute atomic E-state index is 8.74. The summed E-state index contributed by atoms with van der Waals surface area (Å²) in [6.07, 6.45) is 0. The summed E-state index contributed by atoms with van der Waals surface area (Å²) in [6.45, 7) is 0.977.